The highest BCUT2D eigenvalue weighted by molar-refractivity contribution is 5.29. The molecule has 0 saturated heterocycles. The summed E-state index contributed by atoms with van der Waals surface area (Å²) in [5.41, 5.74) is 0.386. The fourth-order valence-electron chi connectivity index (χ4n) is 1.92. The summed E-state index contributed by atoms with van der Waals surface area (Å²) < 4.78 is 0. The number of nitriles is 1. The van der Waals surface area contributed by atoms with Gasteiger partial charge in [0.1, 0.15) is 11.8 Å². The molecule has 0 unspecified atom stereocenters. The number of nitrogens with one attached hydrogen (secondary N) is 1. The molecule has 18 heavy (non-hydrogen) atoms. The predicted octanol–water partition coefficient (Wildman–Crippen LogP) is 1.88. The Morgan fingerprint density at radius 2 is 2.00 bits per heavy atom. The molecule has 0 radical (unpaired) electrons. The van der Waals surface area contributed by atoms with E-state index < -0.39 is 0 Å². The largest absolute Gasteiger partial charge is 0.353 e. The highest BCUT2D eigenvalue weighted by Crippen LogP contribution is 2.04. The molecule has 5 heteroatoms. The first-order valence-electron chi connectivity index (χ1n) is 6.27. The van der Waals surface area contributed by atoms with Crippen molar-refractivity contribution < 1.29 is 0 Å². The number of anilines is 1. The maximum Gasteiger partial charge on any atom is 0.223 e. The van der Waals surface area contributed by atoms with Gasteiger partial charge in [-0.2, -0.15) is 5.26 Å². The fourth-order valence-corrected chi connectivity index (χ4v) is 1.92. The SMILES string of the molecule is CC(C)N(CCNc1nccc(C#N)n1)C(C)C. The number of hydrogen-bond acceptors (Lipinski definition) is 5. The molecule has 0 spiro atoms. The van der Waals surface area contributed by atoms with Gasteiger partial charge in [-0.3, -0.25) is 4.90 Å². The van der Waals surface area contributed by atoms with Gasteiger partial charge in [0.15, 0.2) is 0 Å². The summed E-state index contributed by atoms with van der Waals surface area (Å²) in [5, 5.41) is 11.9. The Morgan fingerprint density at radius 1 is 1.33 bits per heavy atom. The zero-order chi connectivity index (χ0) is 13.5. The molecule has 0 aliphatic rings. The van der Waals surface area contributed by atoms with Gasteiger partial charge in [0, 0.05) is 31.4 Å². The summed E-state index contributed by atoms with van der Waals surface area (Å²) in [4.78, 5) is 10.5. The zero-order valence-corrected chi connectivity index (χ0v) is 11.5. The quantitative estimate of drug-likeness (QED) is 0.831. The van der Waals surface area contributed by atoms with Crippen LogP contribution < -0.4 is 5.32 Å². The normalized spacial score (nSPS) is 11.0. The summed E-state index contributed by atoms with van der Waals surface area (Å²) in [6.07, 6.45) is 1.59. The summed E-state index contributed by atoms with van der Waals surface area (Å²) in [7, 11) is 0. The number of hydrogen-bond donors (Lipinski definition) is 1. The van der Waals surface area contributed by atoms with E-state index in [2.05, 4.69) is 47.9 Å². The Bertz CT molecular complexity index is 400. The highest BCUT2D eigenvalue weighted by atomic mass is 15.2. The minimum absolute atomic E-state index is 0.386. The van der Waals surface area contributed by atoms with E-state index in [1.54, 1.807) is 12.3 Å². The van der Waals surface area contributed by atoms with Crippen molar-refractivity contribution in [1.82, 2.24) is 14.9 Å². The van der Waals surface area contributed by atoms with E-state index >= 15 is 0 Å². The molecule has 0 aromatic carbocycles. The standard InChI is InChI=1S/C13H21N5/c1-10(2)18(11(3)4)8-7-16-13-15-6-5-12(9-14)17-13/h5-6,10-11H,7-8H2,1-4H3,(H,15,16,17). The van der Waals surface area contributed by atoms with Crippen LogP contribution in [0.2, 0.25) is 0 Å². The molecule has 98 valence electrons. The van der Waals surface area contributed by atoms with Crippen molar-refractivity contribution in [1.29, 1.82) is 5.26 Å². The van der Waals surface area contributed by atoms with Gasteiger partial charge < -0.3 is 5.32 Å². The van der Waals surface area contributed by atoms with Crippen molar-refractivity contribution in [3.63, 3.8) is 0 Å². The van der Waals surface area contributed by atoms with Crippen molar-refractivity contribution in [2.24, 2.45) is 0 Å². The summed E-state index contributed by atoms with van der Waals surface area (Å²) in [5.74, 6) is 0.515. The molecule has 0 bridgehead atoms. The van der Waals surface area contributed by atoms with Crippen LogP contribution >= 0.6 is 0 Å². The van der Waals surface area contributed by atoms with Gasteiger partial charge in [-0.05, 0) is 33.8 Å². The van der Waals surface area contributed by atoms with Crippen LogP contribution in [0.1, 0.15) is 33.4 Å². The van der Waals surface area contributed by atoms with E-state index in [1.807, 2.05) is 6.07 Å². The third-order valence-corrected chi connectivity index (χ3v) is 2.75. The van der Waals surface area contributed by atoms with Crippen LogP contribution in [0.5, 0.6) is 0 Å². The van der Waals surface area contributed by atoms with Crippen LogP contribution in [0.25, 0.3) is 0 Å². The molecule has 1 aromatic rings. The molecule has 1 aromatic heterocycles. The average molecular weight is 247 g/mol. The van der Waals surface area contributed by atoms with E-state index in [1.165, 1.54) is 0 Å². The maximum atomic E-state index is 8.74. The highest BCUT2D eigenvalue weighted by Gasteiger charge is 2.12. The lowest BCUT2D eigenvalue weighted by Crippen LogP contribution is -2.40. The third kappa shape index (κ3) is 4.30. The van der Waals surface area contributed by atoms with E-state index in [4.69, 9.17) is 5.26 Å². The molecular weight excluding hydrogens is 226 g/mol. The molecular formula is C13H21N5. The van der Waals surface area contributed by atoms with Crippen LogP contribution in [0.4, 0.5) is 5.95 Å². The molecule has 0 amide bonds. The second-order valence-corrected chi connectivity index (χ2v) is 4.73. The van der Waals surface area contributed by atoms with E-state index in [9.17, 15) is 0 Å². The maximum absolute atomic E-state index is 8.74. The van der Waals surface area contributed by atoms with Gasteiger partial charge in [-0.15, -0.1) is 0 Å². The summed E-state index contributed by atoms with van der Waals surface area (Å²) >= 11 is 0. The zero-order valence-electron chi connectivity index (χ0n) is 11.5. The summed E-state index contributed by atoms with van der Waals surface area (Å²) in [6.45, 7) is 10.4. The minimum atomic E-state index is 0.386. The predicted molar refractivity (Wildman–Crippen MR) is 72.2 cm³/mol. The number of rotatable bonds is 6. The van der Waals surface area contributed by atoms with Gasteiger partial charge in [0.05, 0.1) is 0 Å². The topological polar surface area (TPSA) is 64.8 Å². The summed E-state index contributed by atoms with van der Waals surface area (Å²) in [6, 6.07) is 4.62. The average Bonchev–Trinajstić information content (AvgIpc) is 2.34. The molecule has 0 fully saturated rings. The van der Waals surface area contributed by atoms with Crippen LogP contribution in [-0.2, 0) is 0 Å². The molecule has 5 nitrogen and oxygen atoms in total. The first-order valence-corrected chi connectivity index (χ1v) is 6.27. The number of nitrogens with zero attached hydrogens (tertiary/aromatic N) is 4. The molecule has 0 aliphatic heterocycles. The Labute approximate surface area is 109 Å². The monoisotopic (exact) mass is 247 g/mol. The molecule has 0 atom stereocenters. The van der Waals surface area contributed by atoms with Crippen LogP contribution in [0, 0.1) is 11.3 Å². The first-order chi connectivity index (χ1) is 8.54. The second kappa shape index (κ2) is 6.92. The lowest BCUT2D eigenvalue weighted by atomic mass is 10.2. The Morgan fingerprint density at radius 3 is 2.56 bits per heavy atom. The van der Waals surface area contributed by atoms with Crippen molar-refractivity contribution in [2.45, 2.75) is 39.8 Å². The molecule has 1 rings (SSSR count). The van der Waals surface area contributed by atoms with Crippen molar-refractivity contribution in [3.05, 3.63) is 18.0 Å². The Kier molecular flexibility index (Phi) is 5.53. The van der Waals surface area contributed by atoms with E-state index in [0.29, 0.717) is 23.7 Å². The molecule has 1 heterocycles. The molecule has 0 saturated carbocycles. The van der Waals surface area contributed by atoms with Crippen molar-refractivity contribution >= 4 is 5.95 Å². The third-order valence-electron chi connectivity index (χ3n) is 2.75. The number of aromatic nitrogens is 2. The lowest BCUT2D eigenvalue weighted by Gasteiger charge is -2.30. The van der Waals surface area contributed by atoms with E-state index in [-0.39, 0.29) is 0 Å². The van der Waals surface area contributed by atoms with Gasteiger partial charge in [-0.1, -0.05) is 0 Å². The van der Waals surface area contributed by atoms with Gasteiger partial charge >= 0.3 is 0 Å². The Balaban J connectivity index is 2.48. The second-order valence-electron chi connectivity index (χ2n) is 4.73. The minimum Gasteiger partial charge on any atom is -0.353 e. The smallest absolute Gasteiger partial charge is 0.223 e. The van der Waals surface area contributed by atoms with Crippen LogP contribution in [0.3, 0.4) is 0 Å². The lowest BCUT2D eigenvalue weighted by molar-refractivity contribution is 0.182. The first kappa shape index (κ1) is 14.4. The van der Waals surface area contributed by atoms with Crippen molar-refractivity contribution in [2.75, 3.05) is 18.4 Å². The fraction of sp³-hybridized carbons (Fsp3) is 0.615. The Hall–Kier alpha value is -1.67. The van der Waals surface area contributed by atoms with Crippen LogP contribution in [0.15, 0.2) is 12.3 Å². The molecule has 1 N–H and O–H groups in total. The molecule has 0 aliphatic carbocycles. The van der Waals surface area contributed by atoms with E-state index in [0.717, 1.165) is 13.1 Å². The van der Waals surface area contributed by atoms with Crippen LogP contribution in [-0.4, -0.2) is 40.0 Å². The van der Waals surface area contributed by atoms with Crippen molar-refractivity contribution in [3.8, 4) is 6.07 Å². The van der Waals surface area contributed by atoms with Gasteiger partial charge in [0.2, 0.25) is 5.95 Å². The van der Waals surface area contributed by atoms with Gasteiger partial charge in [0.25, 0.3) is 0 Å². The van der Waals surface area contributed by atoms with Gasteiger partial charge in [-0.25, -0.2) is 9.97 Å².